The van der Waals surface area contributed by atoms with Gasteiger partial charge in [-0.1, -0.05) is 18.2 Å². The first-order valence-electron chi connectivity index (χ1n) is 8.65. The zero-order valence-electron chi connectivity index (χ0n) is 14.1. The van der Waals surface area contributed by atoms with Crippen molar-refractivity contribution >= 4 is 27.9 Å². The molecule has 4 nitrogen and oxygen atoms in total. The number of aryl methyl sites for hydroxylation is 1. The summed E-state index contributed by atoms with van der Waals surface area (Å²) in [6.07, 6.45) is 2.29. The van der Waals surface area contributed by atoms with E-state index < -0.39 is 0 Å². The lowest BCUT2D eigenvalue weighted by molar-refractivity contribution is 0.0751. The van der Waals surface area contributed by atoms with Gasteiger partial charge in [0.05, 0.1) is 9.88 Å². The number of fused-ring (bicyclic) bond motifs is 1. The van der Waals surface area contributed by atoms with E-state index in [9.17, 15) is 4.79 Å². The molecule has 0 saturated carbocycles. The highest BCUT2D eigenvalue weighted by molar-refractivity contribution is 7.18. The van der Waals surface area contributed by atoms with Crippen molar-refractivity contribution in [3.8, 4) is 0 Å². The SMILES string of the molecule is CN1CCCc2cc(C(=O)N3CCN(c4ccccc4)CC3)sc21. The highest BCUT2D eigenvalue weighted by Gasteiger charge is 2.26. The van der Waals surface area contributed by atoms with Crippen LogP contribution in [0.5, 0.6) is 0 Å². The van der Waals surface area contributed by atoms with Gasteiger partial charge < -0.3 is 14.7 Å². The molecule has 24 heavy (non-hydrogen) atoms. The molecule has 0 atom stereocenters. The first-order chi connectivity index (χ1) is 11.7. The van der Waals surface area contributed by atoms with Crippen molar-refractivity contribution in [1.82, 2.24) is 4.90 Å². The van der Waals surface area contributed by atoms with Crippen LogP contribution in [0.4, 0.5) is 10.7 Å². The molecule has 0 radical (unpaired) electrons. The fourth-order valence-corrected chi connectivity index (χ4v) is 4.76. The quantitative estimate of drug-likeness (QED) is 0.840. The van der Waals surface area contributed by atoms with Crippen molar-refractivity contribution < 1.29 is 4.79 Å². The molecule has 1 saturated heterocycles. The number of rotatable bonds is 2. The van der Waals surface area contributed by atoms with E-state index in [1.165, 1.54) is 22.7 Å². The highest BCUT2D eigenvalue weighted by atomic mass is 32.1. The molecule has 126 valence electrons. The van der Waals surface area contributed by atoms with E-state index in [-0.39, 0.29) is 5.91 Å². The average Bonchev–Trinajstić information content (AvgIpc) is 3.08. The van der Waals surface area contributed by atoms with Crippen LogP contribution >= 0.6 is 11.3 Å². The summed E-state index contributed by atoms with van der Waals surface area (Å²) in [5.74, 6) is 0.204. The summed E-state index contributed by atoms with van der Waals surface area (Å²) >= 11 is 1.66. The number of nitrogens with zero attached hydrogens (tertiary/aromatic N) is 3. The lowest BCUT2D eigenvalue weighted by atomic mass is 10.1. The van der Waals surface area contributed by atoms with Gasteiger partial charge in [0.25, 0.3) is 5.91 Å². The zero-order chi connectivity index (χ0) is 16.5. The van der Waals surface area contributed by atoms with Gasteiger partial charge in [-0.2, -0.15) is 0 Å². The second-order valence-electron chi connectivity index (χ2n) is 6.58. The average molecular weight is 341 g/mol. The summed E-state index contributed by atoms with van der Waals surface area (Å²) in [5, 5.41) is 1.28. The van der Waals surface area contributed by atoms with Crippen LogP contribution in [0.15, 0.2) is 36.4 Å². The third-order valence-corrected chi connectivity index (χ3v) is 6.25. The van der Waals surface area contributed by atoms with Crippen LogP contribution in [0, 0.1) is 0 Å². The number of carbonyl (C=O) groups is 1. The molecule has 1 aromatic heterocycles. The normalized spacial score (nSPS) is 17.8. The number of hydrogen-bond acceptors (Lipinski definition) is 4. The molecule has 2 aliphatic rings. The van der Waals surface area contributed by atoms with E-state index in [0.29, 0.717) is 0 Å². The van der Waals surface area contributed by atoms with Gasteiger partial charge in [0.1, 0.15) is 0 Å². The molecule has 0 unspecified atom stereocenters. The minimum absolute atomic E-state index is 0.204. The Labute approximate surface area is 147 Å². The second kappa shape index (κ2) is 6.48. The molecule has 3 heterocycles. The van der Waals surface area contributed by atoms with Crippen molar-refractivity contribution in [1.29, 1.82) is 0 Å². The fraction of sp³-hybridized carbons (Fsp3) is 0.421. The summed E-state index contributed by atoms with van der Waals surface area (Å²) in [7, 11) is 2.13. The van der Waals surface area contributed by atoms with Crippen LogP contribution in [0.3, 0.4) is 0 Å². The van der Waals surface area contributed by atoms with Crippen molar-refractivity contribution in [2.75, 3.05) is 49.6 Å². The molecule has 1 amide bonds. The number of benzene rings is 1. The lowest BCUT2D eigenvalue weighted by Crippen LogP contribution is -2.48. The van der Waals surface area contributed by atoms with Crippen LogP contribution < -0.4 is 9.80 Å². The molecule has 1 aromatic carbocycles. The van der Waals surface area contributed by atoms with E-state index >= 15 is 0 Å². The molecule has 0 aliphatic carbocycles. The lowest BCUT2D eigenvalue weighted by Gasteiger charge is -2.36. The van der Waals surface area contributed by atoms with Crippen molar-refractivity contribution in [3.05, 3.63) is 46.8 Å². The molecule has 4 rings (SSSR count). The first kappa shape index (κ1) is 15.5. The van der Waals surface area contributed by atoms with E-state index in [2.05, 4.69) is 47.2 Å². The van der Waals surface area contributed by atoms with Gasteiger partial charge in [-0.25, -0.2) is 0 Å². The van der Waals surface area contributed by atoms with E-state index in [4.69, 9.17) is 0 Å². The van der Waals surface area contributed by atoms with Gasteiger partial charge in [-0.15, -0.1) is 11.3 Å². The minimum Gasteiger partial charge on any atom is -0.368 e. The maximum absolute atomic E-state index is 12.9. The second-order valence-corrected chi connectivity index (χ2v) is 7.61. The zero-order valence-corrected chi connectivity index (χ0v) is 14.9. The van der Waals surface area contributed by atoms with Gasteiger partial charge in [0, 0.05) is 45.5 Å². The van der Waals surface area contributed by atoms with Gasteiger partial charge in [0.2, 0.25) is 0 Å². The van der Waals surface area contributed by atoms with Crippen LogP contribution in [0.25, 0.3) is 0 Å². The van der Waals surface area contributed by atoms with Crippen LogP contribution in [0.1, 0.15) is 21.7 Å². The van der Waals surface area contributed by atoms with Crippen LogP contribution in [0.2, 0.25) is 0 Å². The molecule has 2 aromatic rings. The number of thiophene rings is 1. The molecular weight excluding hydrogens is 318 g/mol. The third kappa shape index (κ3) is 2.88. The molecule has 2 aliphatic heterocycles. The summed E-state index contributed by atoms with van der Waals surface area (Å²) in [4.78, 5) is 20.4. The van der Waals surface area contributed by atoms with E-state index in [1.54, 1.807) is 11.3 Å². The van der Waals surface area contributed by atoms with Gasteiger partial charge >= 0.3 is 0 Å². The van der Waals surface area contributed by atoms with E-state index in [0.717, 1.165) is 44.0 Å². The first-order valence-corrected chi connectivity index (χ1v) is 9.47. The number of carbonyl (C=O) groups excluding carboxylic acids is 1. The van der Waals surface area contributed by atoms with Crippen LogP contribution in [-0.4, -0.2) is 50.6 Å². The smallest absolute Gasteiger partial charge is 0.264 e. The fourth-order valence-electron chi connectivity index (χ4n) is 3.60. The summed E-state index contributed by atoms with van der Waals surface area (Å²) in [6, 6.07) is 12.6. The summed E-state index contributed by atoms with van der Waals surface area (Å²) < 4.78 is 0. The van der Waals surface area contributed by atoms with Gasteiger partial charge in [-0.3, -0.25) is 4.79 Å². The van der Waals surface area contributed by atoms with E-state index in [1.807, 2.05) is 11.0 Å². The number of piperazine rings is 1. The summed E-state index contributed by atoms with van der Waals surface area (Å²) in [5.41, 5.74) is 2.60. The van der Waals surface area contributed by atoms with Crippen LogP contribution in [-0.2, 0) is 6.42 Å². The molecular formula is C19H23N3OS. The Balaban J connectivity index is 1.43. The standard InChI is InChI=1S/C19H23N3OS/c1-20-9-5-6-15-14-17(24-19(15)20)18(23)22-12-10-21(11-13-22)16-7-3-2-4-8-16/h2-4,7-8,14H,5-6,9-13H2,1H3. The molecule has 0 N–H and O–H groups in total. The number of hydrogen-bond donors (Lipinski definition) is 0. The third-order valence-electron chi connectivity index (χ3n) is 4.97. The molecule has 0 bridgehead atoms. The van der Waals surface area contributed by atoms with Crippen molar-refractivity contribution in [2.24, 2.45) is 0 Å². The van der Waals surface area contributed by atoms with Crippen molar-refractivity contribution in [3.63, 3.8) is 0 Å². The Morgan fingerprint density at radius 2 is 1.79 bits per heavy atom. The topological polar surface area (TPSA) is 26.8 Å². The monoisotopic (exact) mass is 341 g/mol. The Kier molecular flexibility index (Phi) is 4.19. The van der Waals surface area contributed by atoms with Gasteiger partial charge in [-0.05, 0) is 36.6 Å². The Morgan fingerprint density at radius 3 is 2.50 bits per heavy atom. The molecule has 1 fully saturated rings. The highest BCUT2D eigenvalue weighted by Crippen LogP contribution is 2.35. The molecule has 0 spiro atoms. The summed E-state index contributed by atoms with van der Waals surface area (Å²) in [6.45, 7) is 4.50. The number of para-hydroxylation sites is 1. The largest absolute Gasteiger partial charge is 0.368 e. The predicted molar refractivity (Wildman–Crippen MR) is 100 cm³/mol. The minimum atomic E-state index is 0.204. The number of anilines is 2. The van der Waals surface area contributed by atoms with Crippen molar-refractivity contribution in [2.45, 2.75) is 12.8 Å². The maximum Gasteiger partial charge on any atom is 0.264 e. The van der Waals surface area contributed by atoms with Gasteiger partial charge in [0.15, 0.2) is 0 Å². The maximum atomic E-state index is 12.9. The Hall–Kier alpha value is -2.01. The Morgan fingerprint density at radius 1 is 1.04 bits per heavy atom. The number of amides is 1. The molecule has 5 heteroatoms. The Bertz CT molecular complexity index is 719. The predicted octanol–water partition coefficient (Wildman–Crippen LogP) is 3.09.